The molecule has 136 valence electrons. The maximum absolute atomic E-state index is 10.9. The third-order valence-corrected chi connectivity index (χ3v) is 4.22. The minimum atomic E-state index is -0.0949. The van der Waals surface area contributed by atoms with Crippen LogP contribution in [-0.4, -0.2) is 23.4 Å². The monoisotopic (exact) mass is 363 g/mol. The molecule has 2 aromatic heterocycles. The van der Waals surface area contributed by atoms with Gasteiger partial charge in [-0.3, -0.25) is 9.79 Å². The van der Waals surface area contributed by atoms with Gasteiger partial charge in [0.05, 0.1) is 6.54 Å². The van der Waals surface area contributed by atoms with E-state index >= 15 is 0 Å². The fraction of sp³-hybridized carbons (Fsp3) is 0.471. The lowest BCUT2D eigenvalue weighted by Crippen LogP contribution is -2.22. The zero-order chi connectivity index (χ0) is 18.1. The summed E-state index contributed by atoms with van der Waals surface area (Å²) in [5.74, 6) is 1.62. The van der Waals surface area contributed by atoms with E-state index in [4.69, 9.17) is 10.2 Å². The molecule has 0 radical (unpaired) electrons. The molecule has 2 aromatic rings. The second-order valence-electron chi connectivity index (χ2n) is 5.67. The smallest absolute Gasteiger partial charge is 0.217 e. The molecule has 0 saturated carbocycles. The Hall–Kier alpha value is -2.35. The van der Waals surface area contributed by atoms with E-state index in [-0.39, 0.29) is 5.91 Å². The number of nitrogens with zero attached hydrogens (tertiary/aromatic N) is 2. The van der Waals surface area contributed by atoms with Gasteiger partial charge in [-0.05, 0) is 18.6 Å². The van der Waals surface area contributed by atoms with E-state index < -0.39 is 0 Å². The summed E-state index contributed by atoms with van der Waals surface area (Å²) in [5, 5.41) is 8.26. The first kappa shape index (κ1) is 19.0. The molecule has 0 atom stereocenters. The van der Waals surface area contributed by atoms with Crippen molar-refractivity contribution in [1.82, 2.24) is 10.3 Å². The highest BCUT2D eigenvalue weighted by Crippen LogP contribution is 2.26. The van der Waals surface area contributed by atoms with Crippen LogP contribution in [0.4, 0.5) is 5.13 Å². The molecule has 0 saturated heterocycles. The Labute approximate surface area is 151 Å². The minimum absolute atomic E-state index is 0.0949. The number of guanidine groups is 1. The number of anilines is 1. The van der Waals surface area contributed by atoms with E-state index in [0.29, 0.717) is 29.2 Å². The lowest BCUT2D eigenvalue weighted by molar-refractivity contribution is -0.119. The first-order chi connectivity index (χ1) is 12.1. The van der Waals surface area contributed by atoms with Crippen LogP contribution in [-0.2, 0) is 11.3 Å². The molecule has 4 N–H and O–H groups in total. The minimum Gasteiger partial charge on any atom is -0.458 e. The number of amides is 1. The SMILES string of the molecule is CCCCCCN=C(N)Nc1nc(-c2ccc(CNC(C)=O)o2)cs1. The summed E-state index contributed by atoms with van der Waals surface area (Å²) in [6, 6.07) is 3.66. The molecule has 0 aromatic carbocycles. The summed E-state index contributed by atoms with van der Waals surface area (Å²) < 4.78 is 5.68. The van der Waals surface area contributed by atoms with Crippen molar-refractivity contribution >= 4 is 28.3 Å². The Morgan fingerprint density at radius 2 is 2.20 bits per heavy atom. The summed E-state index contributed by atoms with van der Waals surface area (Å²) in [4.78, 5) is 19.7. The zero-order valence-corrected chi connectivity index (χ0v) is 15.5. The van der Waals surface area contributed by atoms with Gasteiger partial charge in [0.15, 0.2) is 16.9 Å². The van der Waals surface area contributed by atoms with Crippen molar-refractivity contribution in [3.63, 3.8) is 0 Å². The predicted molar refractivity (Wildman–Crippen MR) is 102 cm³/mol. The average Bonchev–Trinajstić information content (AvgIpc) is 3.21. The average molecular weight is 363 g/mol. The van der Waals surface area contributed by atoms with Gasteiger partial charge in [0.2, 0.25) is 5.91 Å². The van der Waals surface area contributed by atoms with Gasteiger partial charge >= 0.3 is 0 Å². The number of nitrogens with one attached hydrogen (secondary N) is 2. The van der Waals surface area contributed by atoms with Crippen molar-refractivity contribution in [2.75, 3.05) is 11.9 Å². The Morgan fingerprint density at radius 3 is 2.96 bits per heavy atom. The largest absolute Gasteiger partial charge is 0.458 e. The first-order valence-electron chi connectivity index (χ1n) is 8.44. The quantitative estimate of drug-likeness (QED) is 0.360. The molecule has 0 fully saturated rings. The number of thiazole rings is 1. The van der Waals surface area contributed by atoms with E-state index in [1.54, 1.807) is 0 Å². The van der Waals surface area contributed by atoms with Crippen molar-refractivity contribution < 1.29 is 9.21 Å². The summed E-state index contributed by atoms with van der Waals surface area (Å²) in [7, 11) is 0. The maximum atomic E-state index is 10.9. The van der Waals surface area contributed by atoms with Gasteiger partial charge in [0, 0.05) is 18.8 Å². The third-order valence-electron chi connectivity index (χ3n) is 3.46. The fourth-order valence-corrected chi connectivity index (χ4v) is 2.86. The molecular formula is C17H25N5O2S. The number of hydrogen-bond acceptors (Lipinski definition) is 5. The van der Waals surface area contributed by atoms with Crippen LogP contribution in [0.3, 0.4) is 0 Å². The van der Waals surface area contributed by atoms with Crippen molar-refractivity contribution in [3.8, 4) is 11.5 Å². The van der Waals surface area contributed by atoms with E-state index in [1.807, 2.05) is 17.5 Å². The molecule has 2 rings (SSSR count). The van der Waals surface area contributed by atoms with Gasteiger partial charge in [-0.25, -0.2) is 4.98 Å². The van der Waals surface area contributed by atoms with E-state index in [2.05, 4.69) is 27.5 Å². The summed E-state index contributed by atoms with van der Waals surface area (Å²) >= 11 is 1.43. The topological polar surface area (TPSA) is 106 Å². The Balaban J connectivity index is 1.87. The molecule has 0 bridgehead atoms. The molecule has 1 amide bonds. The van der Waals surface area contributed by atoms with Crippen LogP contribution < -0.4 is 16.4 Å². The summed E-state index contributed by atoms with van der Waals surface area (Å²) in [6.07, 6.45) is 4.65. The molecular weight excluding hydrogens is 338 g/mol. The van der Waals surface area contributed by atoms with Gasteiger partial charge in [-0.2, -0.15) is 0 Å². The summed E-state index contributed by atoms with van der Waals surface area (Å²) in [5.41, 5.74) is 6.60. The lowest BCUT2D eigenvalue weighted by Gasteiger charge is -2.01. The van der Waals surface area contributed by atoms with Gasteiger partial charge in [-0.15, -0.1) is 11.3 Å². The number of aliphatic imine (C=N–C) groups is 1. The van der Waals surface area contributed by atoms with Crippen LogP contribution in [0.5, 0.6) is 0 Å². The molecule has 7 nitrogen and oxygen atoms in total. The van der Waals surface area contributed by atoms with Crippen molar-refractivity contribution in [1.29, 1.82) is 0 Å². The second kappa shape index (κ2) is 9.83. The first-order valence-corrected chi connectivity index (χ1v) is 9.32. The van der Waals surface area contributed by atoms with E-state index in [9.17, 15) is 4.79 Å². The van der Waals surface area contributed by atoms with Crippen molar-refractivity contribution in [2.24, 2.45) is 10.7 Å². The van der Waals surface area contributed by atoms with Crippen molar-refractivity contribution in [3.05, 3.63) is 23.3 Å². The number of aromatic nitrogens is 1. The van der Waals surface area contributed by atoms with Crippen LogP contribution in [0.15, 0.2) is 26.9 Å². The molecule has 25 heavy (non-hydrogen) atoms. The van der Waals surface area contributed by atoms with Gasteiger partial charge in [0.25, 0.3) is 0 Å². The number of hydrogen-bond donors (Lipinski definition) is 3. The van der Waals surface area contributed by atoms with Crippen LogP contribution in [0.2, 0.25) is 0 Å². The van der Waals surface area contributed by atoms with Crippen LogP contribution in [0.25, 0.3) is 11.5 Å². The van der Waals surface area contributed by atoms with Crippen LogP contribution in [0, 0.1) is 0 Å². The Morgan fingerprint density at radius 1 is 1.36 bits per heavy atom. The molecule has 0 aliphatic heterocycles. The van der Waals surface area contributed by atoms with Gasteiger partial charge in [-0.1, -0.05) is 26.2 Å². The number of rotatable bonds is 9. The molecule has 0 spiro atoms. The number of carbonyl (C=O) groups is 1. The zero-order valence-electron chi connectivity index (χ0n) is 14.7. The second-order valence-corrected chi connectivity index (χ2v) is 6.52. The fourth-order valence-electron chi connectivity index (χ4n) is 2.15. The number of carbonyl (C=O) groups excluding carboxylic acids is 1. The van der Waals surface area contributed by atoms with E-state index in [0.717, 1.165) is 18.7 Å². The highest BCUT2D eigenvalue weighted by molar-refractivity contribution is 7.14. The van der Waals surface area contributed by atoms with Crippen LogP contribution in [0.1, 0.15) is 45.3 Å². The standard InChI is InChI=1S/C17H25N5O2S/c1-3-4-5-6-9-19-16(18)22-17-21-14(11-25-17)15-8-7-13(24-15)10-20-12(2)23/h7-8,11H,3-6,9-10H2,1-2H3,(H,20,23)(H3,18,19,21,22). The van der Waals surface area contributed by atoms with Crippen molar-refractivity contribution in [2.45, 2.75) is 46.1 Å². The number of nitrogens with two attached hydrogens (primary N) is 1. The highest BCUT2D eigenvalue weighted by atomic mass is 32.1. The van der Waals surface area contributed by atoms with E-state index in [1.165, 1.54) is 37.5 Å². The lowest BCUT2D eigenvalue weighted by atomic mass is 10.2. The van der Waals surface area contributed by atoms with Gasteiger partial charge in [0.1, 0.15) is 11.5 Å². The molecule has 0 aliphatic rings. The van der Waals surface area contributed by atoms with Gasteiger partial charge < -0.3 is 20.8 Å². The Bertz CT molecular complexity index is 707. The molecule has 0 aliphatic carbocycles. The number of unbranched alkanes of at least 4 members (excludes halogenated alkanes) is 3. The summed E-state index contributed by atoms with van der Waals surface area (Å²) in [6.45, 7) is 4.74. The Kier molecular flexibility index (Phi) is 7.46. The maximum Gasteiger partial charge on any atom is 0.217 e. The van der Waals surface area contributed by atoms with Crippen LogP contribution >= 0.6 is 11.3 Å². The molecule has 8 heteroatoms. The molecule has 0 unspecified atom stereocenters. The highest BCUT2D eigenvalue weighted by Gasteiger charge is 2.10. The predicted octanol–water partition coefficient (Wildman–Crippen LogP) is 3.35. The normalized spacial score (nSPS) is 11.5. The number of furan rings is 1. The third kappa shape index (κ3) is 6.58. The molecule has 2 heterocycles.